The number of carbonyl (C=O) groups is 2. The summed E-state index contributed by atoms with van der Waals surface area (Å²) >= 11 is 0. The van der Waals surface area contributed by atoms with Gasteiger partial charge in [-0.3, -0.25) is 9.59 Å². The molecule has 1 aromatic rings. The van der Waals surface area contributed by atoms with Gasteiger partial charge < -0.3 is 14.2 Å². The van der Waals surface area contributed by atoms with Gasteiger partial charge in [-0.05, 0) is 52.2 Å². The Morgan fingerprint density at radius 2 is 2.00 bits per heavy atom. The highest BCUT2D eigenvalue weighted by Gasteiger charge is 2.29. The molecule has 2 heterocycles. The second kappa shape index (κ2) is 7.20. The van der Waals surface area contributed by atoms with Crippen molar-refractivity contribution in [3.8, 4) is 0 Å². The number of carbonyl (C=O) groups excluding carboxylic acids is 2. The summed E-state index contributed by atoms with van der Waals surface area (Å²) in [5.74, 6) is -0.264. The zero-order chi connectivity index (χ0) is 17.0. The highest BCUT2D eigenvalue weighted by Crippen LogP contribution is 2.31. The first-order chi connectivity index (χ1) is 10.8. The number of esters is 1. The Labute approximate surface area is 138 Å². The summed E-state index contributed by atoms with van der Waals surface area (Å²) in [5.41, 5.74) is 0.659. The van der Waals surface area contributed by atoms with Gasteiger partial charge in [0.1, 0.15) is 5.60 Å². The first-order valence-electron chi connectivity index (χ1n) is 8.40. The fourth-order valence-electron chi connectivity index (χ4n) is 3.10. The Bertz CT molecular complexity index is 557. The Morgan fingerprint density at radius 3 is 2.61 bits per heavy atom. The predicted octanol–water partition coefficient (Wildman–Crippen LogP) is 3.20. The summed E-state index contributed by atoms with van der Waals surface area (Å²) in [7, 11) is 2.01. The zero-order valence-electron chi connectivity index (χ0n) is 14.7. The zero-order valence-corrected chi connectivity index (χ0v) is 14.7. The standard InChI is InChI=1S/C18H28N2O3/c1-18(2,3)23-17(22)11-10-16(21)20-13-6-5-8-15(20)14-9-7-12-19(14)4/h7,9,12,15H,5-6,8,10-11,13H2,1-4H3/t15-/m1/s1. The normalized spacial score (nSPS) is 18.8. The van der Waals surface area contributed by atoms with Crippen LogP contribution in [0.15, 0.2) is 18.3 Å². The number of hydrogen-bond donors (Lipinski definition) is 0. The minimum atomic E-state index is -0.503. The van der Waals surface area contributed by atoms with Gasteiger partial charge in [0.25, 0.3) is 0 Å². The Kier molecular flexibility index (Phi) is 5.50. The highest BCUT2D eigenvalue weighted by molar-refractivity contribution is 5.81. The second-order valence-electron chi connectivity index (χ2n) is 7.23. The average Bonchev–Trinajstić information content (AvgIpc) is 2.89. The third kappa shape index (κ3) is 4.85. The molecule has 0 N–H and O–H groups in total. The summed E-state index contributed by atoms with van der Waals surface area (Å²) < 4.78 is 7.35. The first kappa shape index (κ1) is 17.6. The smallest absolute Gasteiger partial charge is 0.306 e. The predicted molar refractivity (Wildman–Crippen MR) is 88.8 cm³/mol. The van der Waals surface area contributed by atoms with Gasteiger partial charge >= 0.3 is 5.97 Å². The summed E-state index contributed by atoms with van der Waals surface area (Å²) in [6.45, 7) is 6.28. The lowest BCUT2D eigenvalue weighted by molar-refractivity contribution is -0.156. The van der Waals surface area contributed by atoms with Crippen LogP contribution in [0.2, 0.25) is 0 Å². The maximum Gasteiger partial charge on any atom is 0.306 e. The Hall–Kier alpha value is -1.78. The van der Waals surface area contributed by atoms with Crippen molar-refractivity contribution >= 4 is 11.9 Å². The molecular formula is C18H28N2O3. The van der Waals surface area contributed by atoms with Gasteiger partial charge in [0.15, 0.2) is 0 Å². The van der Waals surface area contributed by atoms with Crippen molar-refractivity contribution < 1.29 is 14.3 Å². The van der Waals surface area contributed by atoms with Crippen LogP contribution in [0.5, 0.6) is 0 Å². The molecule has 0 saturated carbocycles. The van der Waals surface area contributed by atoms with Crippen LogP contribution in [0.4, 0.5) is 0 Å². The molecule has 1 aliphatic rings. The van der Waals surface area contributed by atoms with Crippen molar-refractivity contribution in [2.75, 3.05) is 6.54 Å². The summed E-state index contributed by atoms with van der Waals surface area (Å²) in [6, 6.07) is 4.20. The number of ether oxygens (including phenoxy) is 1. The van der Waals surface area contributed by atoms with E-state index >= 15 is 0 Å². The van der Waals surface area contributed by atoms with Gasteiger partial charge in [0.05, 0.1) is 12.5 Å². The Morgan fingerprint density at radius 1 is 1.26 bits per heavy atom. The molecule has 0 radical (unpaired) electrons. The number of amides is 1. The van der Waals surface area contributed by atoms with Gasteiger partial charge in [0.2, 0.25) is 5.91 Å². The highest BCUT2D eigenvalue weighted by atomic mass is 16.6. The molecule has 0 unspecified atom stereocenters. The molecule has 23 heavy (non-hydrogen) atoms. The van der Waals surface area contributed by atoms with E-state index < -0.39 is 5.60 Å². The molecular weight excluding hydrogens is 292 g/mol. The number of rotatable bonds is 4. The van der Waals surface area contributed by atoms with Crippen LogP contribution >= 0.6 is 0 Å². The lowest BCUT2D eigenvalue weighted by atomic mass is 9.98. The molecule has 0 aromatic carbocycles. The number of piperidine rings is 1. The van der Waals surface area contributed by atoms with Crippen LogP contribution in [0, 0.1) is 0 Å². The van der Waals surface area contributed by atoms with E-state index in [2.05, 4.69) is 10.6 Å². The van der Waals surface area contributed by atoms with E-state index in [0.717, 1.165) is 31.5 Å². The summed E-state index contributed by atoms with van der Waals surface area (Å²) in [4.78, 5) is 26.3. The molecule has 128 valence electrons. The largest absolute Gasteiger partial charge is 0.460 e. The average molecular weight is 320 g/mol. The van der Waals surface area contributed by atoms with Gasteiger partial charge in [-0.15, -0.1) is 0 Å². The molecule has 1 aromatic heterocycles. The van der Waals surface area contributed by atoms with Crippen molar-refractivity contribution in [3.05, 3.63) is 24.0 Å². The number of hydrogen-bond acceptors (Lipinski definition) is 3. The SMILES string of the molecule is Cn1cccc1[C@H]1CCCCN1C(=O)CCC(=O)OC(C)(C)C. The molecule has 0 bridgehead atoms. The topological polar surface area (TPSA) is 51.5 Å². The maximum absolute atomic E-state index is 12.6. The van der Waals surface area contributed by atoms with E-state index in [1.165, 1.54) is 0 Å². The molecule has 5 nitrogen and oxygen atoms in total. The van der Waals surface area contributed by atoms with Crippen LogP contribution in [-0.2, 0) is 21.4 Å². The molecule has 1 fully saturated rings. The van der Waals surface area contributed by atoms with Crippen LogP contribution in [0.3, 0.4) is 0 Å². The molecule has 1 saturated heterocycles. The number of aryl methyl sites for hydroxylation is 1. The first-order valence-corrected chi connectivity index (χ1v) is 8.40. The van der Waals surface area contributed by atoms with Crippen LogP contribution in [-0.4, -0.2) is 33.5 Å². The third-order valence-corrected chi connectivity index (χ3v) is 4.11. The number of nitrogens with zero attached hydrogens (tertiary/aromatic N) is 2. The molecule has 2 rings (SSSR count). The van der Waals surface area contributed by atoms with Crippen LogP contribution in [0.1, 0.15) is 64.6 Å². The lowest BCUT2D eigenvalue weighted by Crippen LogP contribution is -2.39. The minimum absolute atomic E-state index is 0.0433. The van der Waals surface area contributed by atoms with E-state index in [0.29, 0.717) is 0 Å². The number of aromatic nitrogens is 1. The quantitative estimate of drug-likeness (QED) is 0.801. The van der Waals surface area contributed by atoms with Crippen LogP contribution < -0.4 is 0 Å². The van der Waals surface area contributed by atoms with Gasteiger partial charge in [-0.2, -0.15) is 0 Å². The van der Waals surface area contributed by atoms with E-state index in [9.17, 15) is 9.59 Å². The minimum Gasteiger partial charge on any atom is -0.460 e. The Balaban J connectivity index is 1.96. The summed E-state index contributed by atoms with van der Waals surface area (Å²) in [6.07, 6.45) is 5.51. The lowest BCUT2D eigenvalue weighted by Gasteiger charge is -2.36. The van der Waals surface area contributed by atoms with Crippen molar-refractivity contribution in [3.63, 3.8) is 0 Å². The number of likely N-dealkylation sites (tertiary alicyclic amines) is 1. The molecule has 5 heteroatoms. The van der Waals surface area contributed by atoms with Gasteiger partial charge in [-0.25, -0.2) is 0 Å². The van der Waals surface area contributed by atoms with Crippen LogP contribution in [0.25, 0.3) is 0 Å². The van der Waals surface area contributed by atoms with Crippen molar-refractivity contribution in [2.24, 2.45) is 7.05 Å². The van der Waals surface area contributed by atoms with Crippen molar-refractivity contribution in [1.29, 1.82) is 0 Å². The van der Waals surface area contributed by atoms with E-state index in [-0.39, 0.29) is 30.8 Å². The van der Waals surface area contributed by atoms with Gasteiger partial charge in [0, 0.05) is 31.9 Å². The molecule has 1 aliphatic heterocycles. The molecule has 0 spiro atoms. The van der Waals surface area contributed by atoms with E-state index in [1.807, 2.05) is 45.0 Å². The fraction of sp³-hybridized carbons (Fsp3) is 0.667. The molecule has 1 amide bonds. The van der Waals surface area contributed by atoms with Crippen molar-refractivity contribution in [2.45, 2.75) is 64.5 Å². The summed E-state index contributed by atoms with van der Waals surface area (Å²) in [5, 5.41) is 0. The van der Waals surface area contributed by atoms with E-state index in [1.54, 1.807) is 0 Å². The molecule has 0 aliphatic carbocycles. The van der Waals surface area contributed by atoms with Crippen molar-refractivity contribution in [1.82, 2.24) is 9.47 Å². The third-order valence-electron chi connectivity index (χ3n) is 4.11. The monoisotopic (exact) mass is 320 g/mol. The van der Waals surface area contributed by atoms with E-state index in [4.69, 9.17) is 4.74 Å². The fourth-order valence-corrected chi connectivity index (χ4v) is 3.10. The second-order valence-corrected chi connectivity index (χ2v) is 7.23. The van der Waals surface area contributed by atoms with Gasteiger partial charge in [-0.1, -0.05) is 0 Å². The molecule has 1 atom stereocenters. The maximum atomic E-state index is 12.6.